The molecule has 0 spiro atoms. The van der Waals surface area contributed by atoms with Crippen LogP contribution in [-0.4, -0.2) is 41.6 Å². The molecule has 1 aromatic heterocycles. The number of methoxy groups -OCH3 is 1. The maximum absolute atomic E-state index is 11.0. The summed E-state index contributed by atoms with van der Waals surface area (Å²) >= 11 is 0. The fourth-order valence-electron chi connectivity index (χ4n) is 2.47. The summed E-state index contributed by atoms with van der Waals surface area (Å²) in [7, 11) is 1.42. The van der Waals surface area contributed by atoms with Crippen molar-refractivity contribution in [3.05, 3.63) is 27.4 Å². The summed E-state index contributed by atoms with van der Waals surface area (Å²) in [6.45, 7) is 5.11. The second-order valence-corrected chi connectivity index (χ2v) is 4.72. The molecule has 0 saturated carbocycles. The van der Waals surface area contributed by atoms with Crippen molar-refractivity contribution in [1.82, 2.24) is 9.88 Å². The van der Waals surface area contributed by atoms with Crippen LogP contribution in [0.4, 0.5) is 5.69 Å². The Bertz CT molecular complexity index is 476. The third-order valence-electron chi connectivity index (χ3n) is 3.43. The molecular weight excluding hydrogens is 246 g/mol. The van der Waals surface area contributed by atoms with Crippen molar-refractivity contribution in [3.63, 3.8) is 0 Å². The molecule has 1 aliphatic heterocycles. The van der Waals surface area contributed by atoms with Crippen molar-refractivity contribution in [3.8, 4) is 5.88 Å². The van der Waals surface area contributed by atoms with Crippen molar-refractivity contribution in [2.45, 2.75) is 26.2 Å². The molecule has 2 heterocycles. The van der Waals surface area contributed by atoms with Gasteiger partial charge in [-0.1, -0.05) is 6.92 Å². The van der Waals surface area contributed by atoms with Gasteiger partial charge < -0.3 is 9.64 Å². The maximum atomic E-state index is 11.0. The largest absolute Gasteiger partial charge is 0.476 e. The van der Waals surface area contributed by atoms with E-state index in [2.05, 4.69) is 16.8 Å². The average Bonchev–Trinajstić information content (AvgIpc) is 2.60. The lowest BCUT2D eigenvalue weighted by atomic mass is 10.1. The fourth-order valence-corrected chi connectivity index (χ4v) is 2.47. The van der Waals surface area contributed by atoms with Crippen LogP contribution in [0.2, 0.25) is 0 Å². The lowest BCUT2D eigenvalue weighted by molar-refractivity contribution is -0.386. The van der Waals surface area contributed by atoms with E-state index in [1.807, 2.05) is 0 Å². The Balaban J connectivity index is 2.29. The van der Waals surface area contributed by atoms with Gasteiger partial charge in [-0.3, -0.25) is 10.1 Å². The van der Waals surface area contributed by atoms with Crippen LogP contribution in [0.25, 0.3) is 0 Å². The maximum Gasteiger partial charge on any atom is 0.331 e. The molecular formula is C13H19N3O3. The molecule has 0 aliphatic carbocycles. The monoisotopic (exact) mass is 265 g/mol. The van der Waals surface area contributed by atoms with Gasteiger partial charge >= 0.3 is 5.69 Å². The third-order valence-corrected chi connectivity index (χ3v) is 3.43. The fraction of sp³-hybridized carbons (Fsp3) is 0.615. The normalized spacial score (nSPS) is 15.7. The molecule has 0 bridgehead atoms. The summed E-state index contributed by atoms with van der Waals surface area (Å²) in [5.41, 5.74) is 1.87. The molecule has 0 fully saturated rings. The zero-order valence-corrected chi connectivity index (χ0v) is 11.4. The van der Waals surface area contributed by atoms with Crippen molar-refractivity contribution in [2.75, 3.05) is 26.7 Å². The molecule has 104 valence electrons. The van der Waals surface area contributed by atoms with Crippen molar-refractivity contribution in [2.24, 2.45) is 0 Å². The Hall–Kier alpha value is -1.69. The number of ether oxygens (including phenoxy) is 1. The van der Waals surface area contributed by atoms with Crippen LogP contribution >= 0.6 is 0 Å². The van der Waals surface area contributed by atoms with Crippen molar-refractivity contribution < 1.29 is 9.66 Å². The van der Waals surface area contributed by atoms with E-state index in [9.17, 15) is 10.1 Å². The first-order valence-electron chi connectivity index (χ1n) is 6.59. The first kappa shape index (κ1) is 13.7. The summed E-state index contributed by atoms with van der Waals surface area (Å²) in [4.78, 5) is 17.3. The molecule has 0 aromatic carbocycles. The summed E-state index contributed by atoms with van der Waals surface area (Å²) < 4.78 is 5.02. The number of aromatic nitrogens is 1. The highest BCUT2D eigenvalue weighted by Crippen LogP contribution is 2.28. The van der Waals surface area contributed by atoms with Gasteiger partial charge in [0.1, 0.15) is 0 Å². The van der Waals surface area contributed by atoms with E-state index in [0.717, 1.165) is 50.2 Å². The summed E-state index contributed by atoms with van der Waals surface area (Å²) in [6, 6.07) is 1.62. The number of hydrogen-bond acceptors (Lipinski definition) is 5. The Morgan fingerprint density at radius 1 is 1.47 bits per heavy atom. The number of hydrogen-bond donors (Lipinski definition) is 0. The molecule has 1 aliphatic rings. The van der Waals surface area contributed by atoms with Crippen LogP contribution in [0.3, 0.4) is 0 Å². The molecule has 1 aromatic rings. The quantitative estimate of drug-likeness (QED) is 0.613. The zero-order valence-electron chi connectivity index (χ0n) is 11.4. The number of fused-ring (bicyclic) bond motifs is 1. The Kier molecular flexibility index (Phi) is 4.31. The van der Waals surface area contributed by atoms with E-state index in [4.69, 9.17) is 4.74 Å². The topological polar surface area (TPSA) is 68.5 Å². The third kappa shape index (κ3) is 3.01. The van der Waals surface area contributed by atoms with Crippen molar-refractivity contribution >= 4 is 5.69 Å². The van der Waals surface area contributed by atoms with Gasteiger partial charge in [0.15, 0.2) is 0 Å². The van der Waals surface area contributed by atoms with E-state index in [0.29, 0.717) is 0 Å². The number of nitro groups is 1. The zero-order chi connectivity index (χ0) is 13.8. The standard InChI is InChI=1S/C13H19N3O3/c1-3-6-15-7-4-10-9-12(16(17)18)13(19-2)14-11(10)5-8-15/h9H,3-8H2,1-2H3. The van der Waals surface area contributed by atoms with Gasteiger partial charge in [-0.05, 0) is 24.9 Å². The highest BCUT2D eigenvalue weighted by molar-refractivity contribution is 5.46. The second-order valence-electron chi connectivity index (χ2n) is 4.72. The molecule has 0 amide bonds. The predicted molar refractivity (Wildman–Crippen MR) is 71.6 cm³/mol. The average molecular weight is 265 g/mol. The van der Waals surface area contributed by atoms with Crippen LogP contribution in [0, 0.1) is 10.1 Å². The van der Waals surface area contributed by atoms with Gasteiger partial charge in [-0.2, -0.15) is 0 Å². The van der Waals surface area contributed by atoms with E-state index in [1.54, 1.807) is 6.07 Å². The Labute approximate surface area is 112 Å². The van der Waals surface area contributed by atoms with Crippen LogP contribution in [0.5, 0.6) is 5.88 Å². The van der Waals surface area contributed by atoms with Crippen LogP contribution < -0.4 is 4.74 Å². The van der Waals surface area contributed by atoms with Crippen LogP contribution in [0.1, 0.15) is 24.6 Å². The Morgan fingerprint density at radius 3 is 2.84 bits per heavy atom. The molecule has 6 heteroatoms. The summed E-state index contributed by atoms with van der Waals surface area (Å²) in [5, 5.41) is 11.0. The van der Waals surface area contributed by atoms with Gasteiger partial charge in [0, 0.05) is 31.3 Å². The first-order valence-corrected chi connectivity index (χ1v) is 6.59. The molecule has 0 N–H and O–H groups in total. The molecule has 0 radical (unpaired) electrons. The molecule has 19 heavy (non-hydrogen) atoms. The summed E-state index contributed by atoms with van der Waals surface area (Å²) in [6.07, 6.45) is 2.75. The highest BCUT2D eigenvalue weighted by atomic mass is 16.6. The molecule has 6 nitrogen and oxygen atoms in total. The minimum Gasteiger partial charge on any atom is -0.476 e. The van der Waals surface area contributed by atoms with E-state index < -0.39 is 4.92 Å². The van der Waals surface area contributed by atoms with Gasteiger partial charge in [0.2, 0.25) is 0 Å². The SMILES string of the molecule is CCCN1CCc2cc([N+](=O)[O-])c(OC)nc2CC1. The first-order chi connectivity index (χ1) is 9.15. The van der Waals surface area contributed by atoms with Gasteiger partial charge in [-0.25, -0.2) is 4.98 Å². The molecule has 2 rings (SSSR count). The van der Waals surface area contributed by atoms with Gasteiger partial charge in [0.05, 0.1) is 12.0 Å². The second kappa shape index (κ2) is 5.97. The minimum absolute atomic E-state index is 0.0369. The number of pyridine rings is 1. The predicted octanol–water partition coefficient (Wildman–Crippen LogP) is 1.81. The molecule has 0 saturated heterocycles. The smallest absolute Gasteiger partial charge is 0.331 e. The van der Waals surface area contributed by atoms with Gasteiger partial charge in [-0.15, -0.1) is 0 Å². The highest BCUT2D eigenvalue weighted by Gasteiger charge is 2.23. The van der Waals surface area contributed by atoms with E-state index in [-0.39, 0.29) is 11.6 Å². The van der Waals surface area contributed by atoms with Crippen molar-refractivity contribution in [1.29, 1.82) is 0 Å². The molecule has 0 atom stereocenters. The lowest BCUT2D eigenvalue weighted by Crippen LogP contribution is -2.27. The van der Waals surface area contributed by atoms with Crippen LogP contribution in [0.15, 0.2) is 6.07 Å². The van der Waals surface area contributed by atoms with E-state index in [1.165, 1.54) is 7.11 Å². The van der Waals surface area contributed by atoms with Gasteiger partial charge in [0.25, 0.3) is 5.88 Å². The molecule has 0 unspecified atom stereocenters. The summed E-state index contributed by atoms with van der Waals surface area (Å²) in [5.74, 6) is 0.118. The number of nitrogens with zero attached hydrogens (tertiary/aromatic N) is 3. The van der Waals surface area contributed by atoms with E-state index >= 15 is 0 Å². The van der Waals surface area contributed by atoms with Crippen LogP contribution in [-0.2, 0) is 12.8 Å². The Morgan fingerprint density at radius 2 is 2.21 bits per heavy atom. The lowest BCUT2D eigenvalue weighted by Gasteiger charge is -2.17. The minimum atomic E-state index is -0.430. The number of rotatable bonds is 4.